The lowest BCUT2D eigenvalue weighted by molar-refractivity contribution is -0.138. The zero-order chi connectivity index (χ0) is 10.7. The van der Waals surface area contributed by atoms with Crippen molar-refractivity contribution in [2.75, 3.05) is 6.61 Å². The highest BCUT2D eigenvalue weighted by Gasteiger charge is 2.31. The Bertz CT molecular complexity index is 229. The molecule has 1 unspecified atom stereocenters. The third kappa shape index (κ3) is 3.96. The molecule has 0 spiro atoms. The van der Waals surface area contributed by atoms with Crippen molar-refractivity contribution < 1.29 is 9.47 Å². The van der Waals surface area contributed by atoms with Gasteiger partial charge in [0, 0.05) is 0 Å². The highest BCUT2D eigenvalue weighted by atomic mass is 16.7. The maximum Gasteiger partial charge on any atom is 0.163 e. The van der Waals surface area contributed by atoms with E-state index in [0.29, 0.717) is 6.10 Å². The molecule has 0 N–H and O–H groups in total. The topological polar surface area (TPSA) is 18.5 Å². The summed E-state index contributed by atoms with van der Waals surface area (Å²) in [5, 5.41) is 0. The number of ether oxygens (including phenoxy) is 2. The molecule has 2 nitrogen and oxygen atoms in total. The van der Waals surface area contributed by atoms with E-state index in [-0.39, 0.29) is 5.79 Å². The molecule has 0 aromatic rings. The molecule has 1 saturated carbocycles. The average molecular weight is 210 g/mol. The lowest BCUT2D eigenvalue weighted by atomic mass is 10.2. The fourth-order valence-electron chi connectivity index (χ4n) is 1.95. The van der Waals surface area contributed by atoms with Crippen molar-refractivity contribution in [3.8, 4) is 0 Å². The van der Waals surface area contributed by atoms with E-state index in [1.54, 1.807) is 0 Å². The molecule has 0 aromatic heterocycles. The van der Waals surface area contributed by atoms with Crippen molar-refractivity contribution in [3.05, 3.63) is 12.2 Å². The molecule has 0 aromatic carbocycles. The molecule has 2 aliphatic rings. The van der Waals surface area contributed by atoms with E-state index in [1.165, 1.54) is 19.3 Å². The SMILES string of the molecule is CC1(C)OCC(CC/C=C/CC2CC2)O1. The van der Waals surface area contributed by atoms with Gasteiger partial charge in [-0.05, 0) is 51.9 Å². The minimum absolute atomic E-state index is 0.297. The van der Waals surface area contributed by atoms with E-state index in [1.807, 2.05) is 13.8 Å². The Morgan fingerprint density at radius 2 is 2.07 bits per heavy atom. The van der Waals surface area contributed by atoms with E-state index < -0.39 is 0 Å². The fourth-order valence-corrected chi connectivity index (χ4v) is 1.95. The van der Waals surface area contributed by atoms with Gasteiger partial charge < -0.3 is 9.47 Å². The molecule has 1 aliphatic carbocycles. The Morgan fingerprint density at radius 3 is 2.67 bits per heavy atom. The van der Waals surface area contributed by atoms with Crippen LogP contribution in [0.4, 0.5) is 0 Å². The van der Waals surface area contributed by atoms with Crippen LogP contribution in [-0.2, 0) is 9.47 Å². The average Bonchev–Trinajstić information content (AvgIpc) is 2.91. The van der Waals surface area contributed by atoms with E-state index >= 15 is 0 Å². The summed E-state index contributed by atoms with van der Waals surface area (Å²) in [4.78, 5) is 0. The third-order valence-corrected chi connectivity index (χ3v) is 3.06. The van der Waals surface area contributed by atoms with Crippen LogP contribution in [0.3, 0.4) is 0 Å². The van der Waals surface area contributed by atoms with Gasteiger partial charge in [0.25, 0.3) is 0 Å². The van der Waals surface area contributed by atoms with Gasteiger partial charge >= 0.3 is 0 Å². The molecule has 0 bridgehead atoms. The maximum atomic E-state index is 5.73. The van der Waals surface area contributed by atoms with Crippen LogP contribution < -0.4 is 0 Å². The zero-order valence-corrected chi connectivity index (χ0v) is 9.87. The van der Waals surface area contributed by atoms with Gasteiger partial charge in [-0.25, -0.2) is 0 Å². The summed E-state index contributed by atoms with van der Waals surface area (Å²) < 4.78 is 11.2. The first-order valence-corrected chi connectivity index (χ1v) is 6.12. The van der Waals surface area contributed by atoms with Crippen LogP contribution in [0.1, 0.15) is 46.0 Å². The monoisotopic (exact) mass is 210 g/mol. The van der Waals surface area contributed by atoms with Gasteiger partial charge in [-0.15, -0.1) is 0 Å². The van der Waals surface area contributed by atoms with Gasteiger partial charge in [0.15, 0.2) is 5.79 Å². The number of rotatable bonds is 5. The summed E-state index contributed by atoms with van der Waals surface area (Å²) in [6.45, 7) is 4.72. The van der Waals surface area contributed by atoms with Gasteiger partial charge in [-0.3, -0.25) is 0 Å². The first-order chi connectivity index (χ1) is 7.16. The van der Waals surface area contributed by atoms with E-state index in [9.17, 15) is 0 Å². The Kier molecular flexibility index (Phi) is 3.47. The maximum absolute atomic E-state index is 5.73. The van der Waals surface area contributed by atoms with Gasteiger partial charge in [0.05, 0.1) is 12.7 Å². The second-order valence-electron chi connectivity index (χ2n) is 5.18. The first kappa shape index (κ1) is 11.2. The number of allylic oxidation sites excluding steroid dienone is 2. The van der Waals surface area contributed by atoms with Gasteiger partial charge in [-0.2, -0.15) is 0 Å². The Morgan fingerprint density at radius 1 is 1.27 bits per heavy atom. The van der Waals surface area contributed by atoms with E-state index in [0.717, 1.165) is 25.4 Å². The molecular weight excluding hydrogens is 188 g/mol. The summed E-state index contributed by atoms with van der Waals surface area (Å²) in [7, 11) is 0. The van der Waals surface area contributed by atoms with Crippen LogP contribution >= 0.6 is 0 Å². The van der Waals surface area contributed by atoms with Crippen molar-refractivity contribution in [3.63, 3.8) is 0 Å². The highest BCUT2D eigenvalue weighted by Crippen LogP contribution is 2.32. The minimum atomic E-state index is -0.359. The zero-order valence-electron chi connectivity index (χ0n) is 9.87. The lowest BCUT2D eigenvalue weighted by Crippen LogP contribution is -2.21. The second-order valence-corrected chi connectivity index (χ2v) is 5.18. The normalized spacial score (nSPS) is 30.1. The molecule has 1 aliphatic heterocycles. The van der Waals surface area contributed by atoms with Crippen LogP contribution in [0.2, 0.25) is 0 Å². The predicted octanol–water partition coefficient (Wildman–Crippen LogP) is 3.27. The smallest absolute Gasteiger partial charge is 0.163 e. The predicted molar refractivity (Wildman–Crippen MR) is 60.6 cm³/mol. The van der Waals surface area contributed by atoms with Gasteiger partial charge in [0.1, 0.15) is 0 Å². The largest absolute Gasteiger partial charge is 0.348 e. The molecule has 86 valence electrons. The Balaban J connectivity index is 1.55. The van der Waals surface area contributed by atoms with E-state index in [2.05, 4.69) is 12.2 Å². The molecule has 1 saturated heterocycles. The number of hydrogen-bond acceptors (Lipinski definition) is 2. The fraction of sp³-hybridized carbons (Fsp3) is 0.846. The standard InChI is InChI=1S/C13H22O2/c1-13(2)14-10-12(15-13)7-5-3-4-6-11-8-9-11/h3-4,11-12H,5-10H2,1-2H3/b4-3+. The molecule has 2 rings (SSSR count). The highest BCUT2D eigenvalue weighted by molar-refractivity contribution is 4.89. The van der Waals surface area contributed by atoms with Crippen molar-refractivity contribution in [1.82, 2.24) is 0 Å². The van der Waals surface area contributed by atoms with Crippen LogP contribution in [0.25, 0.3) is 0 Å². The summed E-state index contributed by atoms with van der Waals surface area (Å²) in [5.41, 5.74) is 0. The van der Waals surface area contributed by atoms with Crippen LogP contribution in [0.5, 0.6) is 0 Å². The molecule has 15 heavy (non-hydrogen) atoms. The molecule has 0 amide bonds. The lowest BCUT2D eigenvalue weighted by Gasteiger charge is -2.16. The van der Waals surface area contributed by atoms with Crippen molar-refractivity contribution in [2.24, 2.45) is 5.92 Å². The second kappa shape index (κ2) is 4.67. The molecular formula is C13H22O2. The van der Waals surface area contributed by atoms with Gasteiger partial charge in [-0.1, -0.05) is 12.2 Å². The first-order valence-electron chi connectivity index (χ1n) is 6.12. The van der Waals surface area contributed by atoms with Crippen molar-refractivity contribution >= 4 is 0 Å². The van der Waals surface area contributed by atoms with Crippen LogP contribution in [0.15, 0.2) is 12.2 Å². The molecule has 0 radical (unpaired) electrons. The minimum Gasteiger partial charge on any atom is -0.348 e. The summed E-state index contributed by atoms with van der Waals surface area (Å²) in [6.07, 6.45) is 11.3. The van der Waals surface area contributed by atoms with Gasteiger partial charge in [0.2, 0.25) is 0 Å². The Hall–Kier alpha value is -0.340. The quantitative estimate of drug-likeness (QED) is 0.648. The molecule has 1 atom stereocenters. The summed E-state index contributed by atoms with van der Waals surface area (Å²) in [5.74, 6) is 0.647. The van der Waals surface area contributed by atoms with E-state index in [4.69, 9.17) is 9.47 Å². The van der Waals surface area contributed by atoms with Crippen LogP contribution in [-0.4, -0.2) is 18.5 Å². The summed E-state index contributed by atoms with van der Waals surface area (Å²) >= 11 is 0. The van der Waals surface area contributed by atoms with Crippen molar-refractivity contribution in [2.45, 2.75) is 57.8 Å². The van der Waals surface area contributed by atoms with Crippen LogP contribution in [0, 0.1) is 5.92 Å². The Labute approximate surface area is 92.6 Å². The number of hydrogen-bond donors (Lipinski definition) is 0. The molecule has 1 heterocycles. The molecule has 2 heteroatoms. The third-order valence-electron chi connectivity index (χ3n) is 3.06. The summed E-state index contributed by atoms with van der Waals surface area (Å²) in [6, 6.07) is 0. The van der Waals surface area contributed by atoms with Crippen molar-refractivity contribution in [1.29, 1.82) is 0 Å². The molecule has 2 fully saturated rings.